The minimum atomic E-state index is 0.423. The SMILES string of the molecule is CCOC/C=C/c1ccc(-c2ncc(-c3ccc(NC(C)C)cc3)[nH]2)cc1. The van der Waals surface area contributed by atoms with E-state index in [1.807, 2.05) is 19.2 Å². The standard InChI is InChI=1S/C23H27N3O/c1-4-27-15-5-6-18-7-9-20(10-8-18)23-24-16-22(26-23)19-11-13-21(14-12-19)25-17(2)3/h5-14,16-17,25H,4,15H2,1-3H3,(H,24,26)/b6-5+. The molecule has 0 unspecified atom stereocenters. The molecule has 0 fully saturated rings. The molecular formula is C23H27N3O. The van der Waals surface area contributed by atoms with E-state index in [0.29, 0.717) is 12.6 Å². The summed E-state index contributed by atoms with van der Waals surface area (Å²) in [5.41, 5.74) is 5.49. The van der Waals surface area contributed by atoms with E-state index >= 15 is 0 Å². The van der Waals surface area contributed by atoms with E-state index in [1.165, 1.54) is 0 Å². The predicted molar refractivity (Wildman–Crippen MR) is 114 cm³/mol. The largest absolute Gasteiger partial charge is 0.383 e. The van der Waals surface area contributed by atoms with Gasteiger partial charge in [0.1, 0.15) is 5.82 Å². The highest BCUT2D eigenvalue weighted by Gasteiger charge is 2.06. The van der Waals surface area contributed by atoms with Crippen LogP contribution in [-0.2, 0) is 4.74 Å². The number of nitrogens with one attached hydrogen (secondary N) is 2. The molecule has 1 heterocycles. The van der Waals surface area contributed by atoms with Gasteiger partial charge in [0.25, 0.3) is 0 Å². The van der Waals surface area contributed by atoms with Gasteiger partial charge in [-0.15, -0.1) is 0 Å². The smallest absolute Gasteiger partial charge is 0.137 e. The summed E-state index contributed by atoms with van der Waals surface area (Å²) in [6.45, 7) is 7.65. The quantitative estimate of drug-likeness (QED) is 0.512. The van der Waals surface area contributed by atoms with Crippen molar-refractivity contribution in [1.82, 2.24) is 9.97 Å². The summed E-state index contributed by atoms with van der Waals surface area (Å²) in [4.78, 5) is 7.96. The highest BCUT2D eigenvalue weighted by molar-refractivity contribution is 5.67. The lowest BCUT2D eigenvalue weighted by Crippen LogP contribution is -2.09. The lowest BCUT2D eigenvalue weighted by molar-refractivity contribution is 0.178. The van der Waals surface area contributed by atoms with Gasteiger partial charge in [-0.3, -0.25) is 0 Å². The van der Waals surface area contributed by atoms with Crippen LogP contribution in [0.15, 0.2) is 60.8 Å². The second-order valence-corrected chi connectivity index (χ2v) is 6.71. The second-order valence-electron chi connectivity index (χ2n) is 6.71. The van der Waals surface area contributed by atoms with Gasteiger partial charge in [0.05, 0.1) is 18.5 Å². The van der Waals surface area contributed by atoms with E-state index in [-0.39, 0.29) is 0 Å². The Morgan fingerprint density at radius 2 is 1.74 bits per heavy atom. The first kappa shape index (κ1) is 18.9. The first-order valence-electron chi connectivity index (χ1n) is 9.42. The molecule has 0 bridgehead atoms. The molecule has 0 aliphatic rings. The van der Waals surface area contributed by atoms with Gasteiger partial charge in [0.15, 0.2) is 0 Å². The van der Waals surface area contributed by atoms with Gasteiger partial charge in [-0.05, 0) is 44.0 Å². The van der Waals surface area contributed by atoms with Crippen molar-refractivity contribution in [1.29, 1.82) is 0 Å². The van der Waals surface area contributed by atoms with Crippen LogP contribution in [0.5, 0.6) is 0 Å². The second kappa shape index (κ2) is 9.19. The number of rotatable bonds is 8. The molecule has 140 valence electrons. The summed E-state index contributed by atoms with van der Waals surface area (Å²) in [6.07, 6.45) is 5.98. The van der Waals surface area contributed by atoms with Crippen LogP contribution in [0.3, 0.4) is 0 Å². The third kappa shape index (κ3) is 5.31. The minimum absolute atomic E-state index is 0.423. The zero-order valence-corrected chi connectivity index (χ0v) is 16.2. The van der Waals surface area contributed by atoms with Crippen molar-refractivity contribution in [3.63, 3.8) is 0 Å². The number of anilines is 1. The number of aromatic amines is 1. The van der Waals surface area contributed by atoms with E-state index in [0.717, 1.165) is 40.5 Å². The zero-order chi connectivity index (χ0) is 19.1. The van der Waals surface area contributed by atoms with Crippen LogP contribution in [0.1, 0.15) is 26.3 Å². The fourth-order valence-electron chi connectivity index (χ4n) is 2.82. The van der Waals surface area contributed by atoms with Crippen molar-refractivity contribution in [3.05, 3.63) is 66.4 Å². The average Bonchev–Trinajstić information content (AvgIpc) is 3.16. The third-order valence-electron chi connectivity index (χ3n) is 4.14. The zero-order valence-electron chi connectivity index (χ0n) is 16.2. The molecule has 1 aromatic heterocycles. The number of H-pyrrole nitrogens is 1. The topological polar surface area (TPSA) is 49.9 Å². The maximum Gasteiger partial charge on any atom is 0.137 e. The lowest BCUT2D eigenvalue weighted by atomic mass is 10.1. The van der Waals surface area contributed by atoms with Crippen molar-refractivity contribution in [2.75, 3.05) is 18.5 Å². The predicted octanol–water partition coefficient (Wildman–Crippen LogP) is 5.61. The van der Waals surface area contributed by atoms with Gasteiger partial charge in [-0.25, -0.2) is 4.98 Å². The van der Waals surface area contributed by atoms with Gasteiger partial charge in [0.2, 0.25) is 0 Å². The molecule has 0 aliphatic carbocycles. The highest BCUT2D eigenvalue weighted by Crippen LogP contribution is 2.24. The fraction of sp³-hybridized carbons (Fsp3) is 0.261. The summed E-state index contributed by atoms with van der Waals surface area (Å²) in [5, 5.41) is 3.40. The molecule has 0 aliphatic heterocycles. The third-order valence-corrected chi connectivity index (χ3v) is 4.14. The van der Waals surface area contributed by atoms with E-state index < -0.39 is 0 Å². The first-order valence-corrected chi connectivity index (χ1v) is 9.42. The number of hydrogen-bond donors (Lipinski definition) is 2. The van der Waals surface area contributed by atoms with Gasteiger partial charge < -0.3 is 15.0 Å². The minimum Gasteiger partial charge on any atom is -0.383 e. The summed E-state index contributed by atoms with van der Waals surface area (Å²) in [7, 11) is 0. The molecule has 0 saturated carbocycles. The Balaban J connectivity index is 1.69. The van der Waals surface area contributed by atoms with Crippen molar-refractivity contribution in [2.45, 2.75) is 26.8 Å². The van der Waals surface area contributed by atoms with E-state index in [4.69, 9.17) is 4.74 Å². The van der Waals surface area contributed by atoms with E-state index in [1.54, 1.807) is 0 Å². The molecule has 0 saturated heterocycles. The molecule has 3 rings (SSSR count). The monoisotopic (exact) mass is 361 g/mol. The summed E-state index contributed by atoms with van der Waals surface area (Å²) < 4.78 is 5.31. The van der Waals surface area contributed by atoms with Crippen molar-refractivity contribution in [3.8, 4) is 22.6 Å². The summed E-state index contributed by atoms with van der Waals surface area (Å²) in [5.74, 6) is 0.874. The Morgan fingerprint density at radius 3 is 2.41 bits per heavy atom. The molecule has 27 heavy (non-hydrogen) atoms. The number of hydrogen-bond acceptors (Lipinski definition) is 3. The molecule has 0 amide bonds. The number of aromatic nitrogens is 2. The van der Waals surface area contributed by atoms with Crippen LogP contribution in [-0.4, -0.2) is 29.2 Å². The normalized spacial score (nSPS) is 11.4. The molecule has 4 heteroatoms. The van der Waals surface area contributed by atoms with E-state index in [2.05, 4.69) is 83.7 Å². The van der Waals surface area contributed by atoms with Crippen molar-refractivity contribution >= 4 is 11.8 Å². The van der Waals surface area contributed by atoms with E-state index in [9.17, 15) is 0 Å². The van der Waals surface area contributed by atoms with Gasteiger partial charge >= 0.3 is 0 Å². The highest BCUT2D eigenvalue weighted by atomic mass is 16.5. The molecule has 3 aromatic rings. The average molecular weight is 361 g/mol. The maximum atomic E-state index is 5.31. The maximum absolute atomic E-state index is 5.31. The summed E-state index contributed by atoms with van der Waals surface area (Å²) >= 11 is 0. The van der Waals surface area contributed by atoms with Crippen molar-refractivity contribution in [2.24, 2.45) is 0 Å². The number of benzene rings is 2. The number of ether oxygens (including phenoxy) is 1. The Morgan fingerprint density at radius 1 is 1.04 bits per heavy atom. The van der Waals surface area contributed by atoms with Gasteiger partial charge in [-0.2, -0.15) is 0 Å². The molecule has 2 aromatic carbocycles. The van der Waals surface area contributed by atoms with Gasteiger partial charge in [0, 0.05) is 23.9 Å². The van der Waals surface area contributed by atoms with Gasteiger partial charge in [-0.1, -0.05) is 48.6 Å². The molecule has 0 radical (unpaired) electrons. The van der Waals surface area contributed by atoms with Crippen molar-refractivity contribution < 1.29 is 4.74 Å². The molecular weight excluding hydrogens is 334 g/mol. The number of imidazole rings is 1. The lowest BCUT2D eigenvalue weighted by Gasteiger charge is -2.09. The molecule has 2 N–H and O–H groups in total. The Labute approximate surface area is 161 Å². The van der Waals surface area contributed by atoms with Crippen LogP contribution in [0.2, 0.25) is 0 Å². The van der Waals surface area contributed by atoms with Crippen LogP contribution >= 0.6 is 0 Å². The Kier molecular flexibility index (Phi) is 6.44. The van der Waals surface area contributed by atoms with Crippen LogP contribution in [0.4, 0.5) is 5.69 Å². The molecule has 4 nitrogen and oxygen atoms in total. The van der Waals surface area contributed by atoms with Crippen LogP contribution < -0.4 is 5.32 Å². The molecule has 0 spiro atoms. The number of nitrogens with zero attached hydrogens (tertiary/aromatic N) is 1. The fourth-order valence-corrected chi connectivity index (χ4v) is 2.82. The Bertz CT molecular complexity index is 861. The summed E-state index contributed by atoms with van der Waals surface area (Å²) in [6, 6.07) is 17.2. The van der Waals surface area contributed by atoms with Crippen LogP contribution in [0.25, 0.3) is 28.7 Å². The molecule has 0 atom stereocenters. The van der Waals surface area contributed by atoms with Crippen LogP contribution in [0, 0.1) is 0 Å². The Hall–Kier alpha value is -2.85. The first-order chi connectivity index (χ1) is 13.2.